The number of alkyl halides is 6. The van der Waals surface area contributed by atoms with Gasteiger partial charge in [0.1, 0.15) is 0 Å². The second-order valence-corrected chi connectivity index (χ2v) is 7.01. The van der Waals surface area contributed by atoms with Crippen molar-refractivity contribution < 1.29 is 35.5 Å². The predicted octanol–water partition coefficient (Wildman–Crippen LogP) is 5.41. The van der Waals surface area contributed by atoms with Crippen LogP contribution in [-0.4, -0.2) is 38.3 Å². The van der Waals surface area contributed by atoms with Gasteiger partial charge in [-0.25, -0.2) is 4.39 Å². The van der Waals surface area contributed by atoms with E-state index in [1.54, 1.807) is 0 Å². The maximum atomic E-state index is 14.8. The summed E-state index contributed by atoms with van der Waals surface area (Å²) in [5, 5.41) is 0. The highest BCUT2D eigenvalue weighted by molar-refractivity contribution is 7.99. The van der Waals surface area contributed by atoms with Crippen LogP contribution >= 0.6 is 11.8 Å². The van der Waals surface area contributed by atoms with Gasteiger partial charge < -0.3 is 9.64 Å². The first-order valence-electron chi connectivity index (χ1n) is 7.84. The van der Waals surface area contributed by atoms with Gasteiger partial charge in [-0.05, 0) is 24.5 Å². The van der Waals surface area contributed by atoms with Crippen LogP contribution in [0.2, 0.25) is 0 Å². The summed E-state index contributed by atoms with van der Waals surface area (Å²) in [6.45, 7) is -0.0737. The molecule has 0 bridgehead atoms. The molecule has 1 aliphatic heterocycles. The van der Waals surface area contributed by atoms with E-state index in [4.69, 9.17) is 4.74 Å². The standard InChI is InChI=1S/C16H18F7NOS/c1-25-8-10-2-3-12(13(17)14(10)26-9-15(18,19)20)24-6-4-11(5-7-24)16(21,22)23/h2-3,11H,4-9H2,1H3. The van der Waals surface area contributed by atoms with Gasteiger partial charge in [0, 0.05) is 20.2 Å². The minimum atomic E-state index is -4.47. The molecule has 2 nitrogen and oxygen atoms in total. The van der Waals surface area contributed by atoms with E-state index in [2.05, 4.69) is 0 Å². The number of nitrogens with zero attached hydrogens (tertiary/aromatic N) is 1. The molecule has 1 heterocycles. The molecule has 0 unspecified atom stereocenters. The van der Waals surface area contributed by atoms with Gasteiger partial charge in [0.05, 0.1) is 28.9 Å². The number of methoxy groups -OCH3 is 1. The Morgan fingerprint density at radius 1 is 1.12 bits per heavy atom. The predicted molar refractivity (Wildman–Crippen MR) is 84.9 cm³/mol. The number of thioether (sulfide) groups is 1. The lowest BCUT2D eigenvalue weighted by molar-refractivity contribution is -0.179. The maximum Gasteiger partial charge on any atom is 0.398 e. The number of rotatable bonds is 5. The molecular formula is C16H18F7NOS. The van der Waals surface area contributed by atoms with Crippen LogP contribution in [0.25, 0.3) is 0 Å². The third-order valence-electron chi connectivity index (χ3n) is 4.14. The number of piperidine rings is 1. The summed E-state index contributed by atoms with van der Waals surface area (Å²) in [5.41, 5.74) is 0.295. The molecule has 0 N–H and O–H groups in total. The van der Waals surface area contributed by atoms with Gasteiger partial charge in [-0.3, -0.25) is 0 Å². The first-order chi connectivity index (χ1) is 12.0. The van der Waals surface area contributed by atoms with Crippen molar-refractivity contribution in [2.45, 2.75) is 36.7 Å². The molecule has 0 amide bonds. The van der Waals surface area contributed by atoms with E-state index < -0.39 is 29.8 Å². The average Bonchev–Trinajstić information content (AvgIpc) is 2.53. The molecular weight excluding hydrogens is 387 g/mol. The zero-order valence-corrected chi connectivity index (χ0v) is 14.7. The normalized spacial score (nSPS) is 17.0. The Morgan fingerprint density at radius 3 is 2.23 bits per heavy atom. The van der Waals surface area contributed by atoms with E-state index in [1.807, 2.05) is 0 Å². The van der Waals surface area contributed by atoms with Gasteiger partial charge in [-0.15, -0.1) is 11.8 Å². The van der Waals surface area contributed by atoms with Crippen molar-refractivity contribution in [2.24, 2.45) is 5.92 Å². The third kappa shape index (κ3) is 5.42. The van der Waals surface area contributed by atoms with E-state index in [9.17, 15) is 30.7 Å². The van der Waals surface area contributed by atoms with Gasteiger partial charge >= 0.3 is 12.4 Å². The minimum Gasteiger partial charge on any atom is -0.380 e. The number of hydrogen-bond donors (Lipinski definition) is 0. The molecule has 1 aromatic rings. The van der Waals surface area contributed by atoms with E-state index >= 15 is 0 Å². The SMILES string of the molecule is COCc1ccc(N2CCC(C(F)(F)F)CC2)c(F)c1SCC(F)(F)F. The van der Waals surface area contributed by atoms with Crippen LogP contribution in [-0.2, 0) is 11.3 Å². The van der Waals surface area contributed by atoms with Crippen LogP contribution in [0.4, 0.5) is 36.4 Å². The van der Waals surface area contributed by atoms with E-state index in [1.165, 1.54) is 24.1 Å². The highest BCUT2D eigenvalue weighted by atomic mass is 32.2. The molecule has 2 rings (SSSR count). The third-order valence-corrected chi connectivity index (χ3v) is 5.34. The van der Waals surface area contributed by atoms with Gasteiger partial charge in [-0.1, -0.05) is 6.07 Å². The number of anilines is 1. The van der Waals surface area contributed by atoms with Crippen molar-refractivity contribution >= 4 is 17.4 Å². The minimum absolute atomic E-state index is 0.00585. The van der Waals surface area contributed by atoms with Crippen molar-refractivity contribution in [3.05, 3.63) is 23.5 Å². The molecule has 1 aromatic carbocycles. The van der Waals surface area contributed by atoms with E-state index in [0.717, 1.165) is 0 Å². The maximum absolute atomic E-state index is 14.8. The second kappa shape index (κ2) is 8.24. The zero-order valence-electron chi connectivity index (χ0n) is 13.9. The molecule has 0 atom stereocenters. The highest BCUT2D eigenvalue weighted by Gasteiger charge is 2.41. The van der Waals surface area contributed by atoms with Crippen LogP contribution in [0, 0.1) is 11.7 Å². The molecule has 10 heteroatoms. The molecule has 26 heavy (non-hydrogen) atoms. The molecule has 0 radical (unpaired) electrons. The van der Waals surface area contributed by atoms with Crippen LogP contribution < -0.4 is 4.90 Å². The van der Waals surface area contributed by atoms with Gasteiger partial charge in [0.2, 0.25) is 0 Å². The zero-order chi connectivity index (χ0) is 19.5. The van der Waals surface area contributed by atoms with Crippen molar-refractivity contribution in [3.63, 3.8) is 0 Å². The number of hydrogen-bond acceptors (Lipinski definition) is 3. The molecule has 148 valence electrons. The summed E-state index contributed by atoms with van der Waals surface area (Å²) in [4.78, 5) is 1.27. The van der Waals surface area contributed by atoms with Gasteiger partial charge in [0.15, 0.2) is 5.82 Å². The van der Waals surface area contributed by atoms with Crippen LogP contribution in [0.3, 0.4) is 0 Å². The van der Waals surface area contributed by atoms with Crippen molar-refractivity contribution in [2.75, 3.05) is 30.9 Å². The van der Waals surface area contributed by atoms with Crippen LogP contribution in [0.5, 0.6) is 0 Å². The smallest absolute Gasteiger partial charge is 0.380 e. The van der Waals surface area contributed by atoms with Crippen LogP contribution in [0.1, 0.15) is 18.4 Å². The molecule has 0 saturated carbocycles. The Bertz CT molecular complexity index is 610. The first kappa shape index (κ1) is 21.1. The highest BCUT2D eigenvalue weighted by Crippen LogP contribution is 2.39. The topological polar surface area (TPSA) is 12.5 Å². The summed E-state index contributed by atoms with van der Waals surface area (Å²) in [7, 11) is 1.34. The lowest BCUT2D eigenvalue weighted by Gasteiger charge is -2.35. The summed E-state index contributed by atoms with van der Waals surface area (Å²) < 4.78 is 95.5. The number of ether oxygens (including phenoxy) is 1. The largest absolute Gasteiger partial charge is 0.398 e. The summed E-state index contributed by atoms with van der Waals surface area (Å²) >= 11 is 0.317. The molecule has 0 spiro atoms. The fourth-order valence-corrected chi connectivity index (χ4v) is 3.71. The second-order valence-electron chi connectivity index (χ2n) is 6.03. The molecule has 0 aliphatic carbocycles. The van der Waals surface area contributed by atoms with Crippen molar-refractivity contribution in [1.82, 2.24) is 0 Å². The number of halogens is 7. The lowest BCUT2D eigenvalue weighted by atomic mass is 9.96. The summed E-state index contributed by atoms with van der Waals surface area (Å²) in [6.07, 6.45) is -9.11. The Balaban J connectivity index is 2.22. The molecule has 0 aromatic heterocycles. The van der Waals surface area contributed by atoms with Crippen molar-refractivity contribution in [1.29, 1.82) is 0 Å². The number of benzene rings is 1. The van der Waals surface area contributed by atoms with Crippen LogP contribution in [0.15, 0.2) is 17.0 Å². The van der Waals surface area contributed by atoms with E-state index in [-0.39, 0.29) is 48.7 Å². The van der Waals surface area contributed by atoms with Gasteiger partial charge in [0.25, 0.3) is 0 Å². The Labute approximate surface area is 150 Å². The summed E-state index contributed by atoms with van der Waals surface area (Å²) in [6, 6.07) is 2.84. The van der Waals surface area contributed by atoms with Gasteiger partial charge in [-0.2, -0.15) is 26.3 Å². The molecule has 1 saturated heterocycles. The lowest BCUT2D eigenvalue weighted by Crippen LogP contribution is -2.39. The quantitative estimate of drug-likeness (QED) is 0.481. The monoisotopic (exact) mass is 405 g/mol. The summed E-state index contributed by atoms with van der Waals surface area (Å²) in [5.74, 6) is -3.55. The fourth-order valence-electron chi connectivity index (χ4n) is 2.86. The first-order valence-corrected chi connectivity index (χ1v) is 8.83. The average molecular weight is 405 g/mol. The van der Waals surface area contributed by atoms with E-state index in [0.29, 0.717) is 11.8 Å². The van der Waals surface area contributed by atoms with Crippen molar-refractivity contribution in [3.8, 4) is 0 Å². The molecule has 1 aliphatic rings. The Hall–Kier alpha value is -1.16. The Morgan fingerprint density at radius 2 is 1.73 bits per heavy atom. The Kier molecular flexibility index (Phi) is 6.70. The fraction of sp³-hybridized carbons (Fsp3) is 0.625. The molecule has 1 fully saturated rings.